The fourth-order valence-electron chi connectivity index (χ4n) is 5.27. The molecule has 2 bridgehead atoms. The van der Waals surface area contributed by atoms with Gasteiger partial charge >= 0.3 is 0 Å². The standard InChI is InChI=1S/C32H32ClFN6O4/c1-18-6-4-8-25(36-32(43)30-19(2)40(39-38-30)28-9-5-7-24(33)29(28)34)21-12-13-35-26(16-21)23-11-10-20(14-22(41)17-44-3)15-27(23)37-31(18)42/h5,7,9-13,15-16,18,25H,4,6,8,14,17H2,1-3H3,(H,36,43)(H,37,42)/t18-,25+/m1/s1. The van der Waals surface area contributed by atoms with E-state index in [2.05, 4.69) is 25.9 Å². The van der Waals surface area contributed by atoms with Gasteiger partial charge in [-0.05, 0) is 61.2 Å². The second-order valence-corrected chi connectivity index (χ2v) is 11.3. The number of ether oxygens (including phenoxy) is 1. The van der Waals surface area contributed by atoms with Gasteiger partial charge in [-0.1, -0.05) is 48.4 Å². The van der Waals surface area contributed by atoms with E-state index >= 15 is 0 Å². The van der Waals surface area contributed by atoms with E-state index in [0.29, 0.717) is 41.9 Å². The zero-order chi connectivity index (χ0) is 31.4. The minimum absolute atomic E-state index is 0.00448. The number of carbonyl (C=O) groups excluding carboxylic acids is 3. The summed E-state index contributed by atoms with van der Waals surface area (Å²) in [5.41, 5.74) is 3.89. The second-order valence-electron chi connectivity index (χ2n) is 10.9. The van der Waals surface area contributed by atoms with Crippen molar-refractivity contribution in [3.8, 4) is 16.9 Å². The summed E-state index contributed by atoms with van der Waals surface area (Å²) >= 11 is 5.95. The molecule has 0 radical (unpaired) electrons. The number of pyridine rings is 1. The summed E-state index contributed by atoms with van der Waals surface area (Å²) in [6, 6.07) is 13.3. The van der Waals surface area contributed by atoms with E-state index in [1.165, 1.54) is 23.9 Å². The highest BCUT2D eigenvalue weighted by atomic mass is 35.5. The number of rotatable bonds is 7. The maximum atomic E-state index is 14.7. The largest absolute Gasteiger partial charge is 0.377 e. The number of amides is 2. The van der Waals surface area contributed by atoms with Crippen LogP contribution in [-0.2, 0) is 20.7 Å². The summed E-state index contributed by atoms with van der Waals surface area (Å²) in [5, 5.41) is 14.1. The first kappa shape index (κ1) is 31.0. The Morgan fingerprint density at radius 3 is 2.80 bits per heavy atom. The lowest BCUT2D eigenvalue weighted by molar-refractivity contribution is -0.122. The molecule has 2 N–H and O–H groups in total. The summed E-state index contributed by atoms with van der Waals surface area (Å²) in [5.74, 6) is -1.66. The number of fused-ring (bicyclic) bond motifs is 4. The number of ketones is 1. The van der Waals surface area contributed by atoms with Crippen molar-refractivity contribution < 1.29 is 23.5 Å². The molecule has 3 heterocycles. The first-order valence-corrected chi connectivity index (χ1v) is 14.6. The third-order valence-electron chi connectivity index (χ3n) is 7.66. The highest BCUT2D eigenvalue weighted by molar-refractivity contribution is 6.30. The van der Waals surface area contributed by atoms with Gasteiger partial charge in [0.1, 0.15) is 12.3 Å². The molecule has 2 aromatic carbocycles. The van der Waals surface area contributed by atoms with Gasteiger partial charge in [0.05, 0.1) is 28.1 Å². The quantitative estimate of drug-likeness (QED) is 0.283. The molecule has 0 saturated carbocycles. The van der Waals surface area contributed by atoms with E-state index < -0.39 is 17.8 Å². The Labute approximate surface area is 259 Å². The van der Waals surface area contributed by atoms with Gasteiger partial charge < -0.3 is 15.4 Å². The van der Waals surface area contributed by atoms with Crippen molar-refractivity contribution in [1.82, 2.24) is 25.3 Å². The number of anilines is 1. The predicted molar refractivity (Wildman–Crippen MR) is 163 cm³/mol. The van der Waals surface area contributed by atoms with Crippen LogP contribution < -0.4 is 10.6 Å². The van der Waals surface area contributed by atoms with Crippen LogP contribution in [0, 0.1) is 18.7 Å². The molecule has 12 heteroatoms. The molecule has 0 unspecified atom stereocenters. The van der Waals surface area contributed by atoms with Crippen LogP contribution in [0.5, 0.6) is 0 Å². The smallest absolute Gasteiger partial charge is 0.274 e. The van der Waals surface area contributed by atoms with Crippen LogP contribution >= 0.6 is 11.6 Å². The number of Topliss-reactive ketones (excluding diaryl/α,β-unsaturated/α-hetero) is 1. The van der Waals surface area contributed by atoms with Gasteiger partial charge in [0.2, 0.25) is 5.91 Å². The molecule has 44 heavy (non-hydrogen) atoms. The lowest BCUT2D eigenvalue weighted by Crippen LogP contribution is -2.30. The molecule has 2 amide bonds. The third kappa shape index (κ3) is 6.68. The Bertz CT molecular complexity index is 1720. The van der Waals surface area contributed by atoms with Crippen LogP contribution in [0.4, 0.5) is 10.1 Å². The van der Waals surface area contributed by atoms with E-state index in [-0.39, 0.29) is 47.0 Å². The van der Waals surface area contributed by atoms with Crippen LogP contribution in [0.2, 0.25) is 5.02 Å². The molecule has 0 saturated heterocycles. The zero-order valence-electron chi connectivity index (χ0n) is 24.6. The van der Waals surface area contributed by atoms with Crippen molar-refractivity contribution >= 4 is 34.9 Å². The SMILES string of the molecule is COCC(=O)Cc1ccc2c(c1)NC(=O)[C@H](C)CCC[C@H](NC(=O)c1nnn(-c3cccc(Cl)c3F)c1C)c1ccnc-2c1. The molecular weight excluding hydrogens is 587 g/mol. The molecule has 1 aliphatic heterocycles. The summed E-state index contributed by atoms with van der Waals surface area (Å²) in [7, 11) is 1.47. The Hall–Kier alpha value is -4.48. The lowest BCUT2D eigenvalue weighted by atomic mass is 9.94. The van der Waals surface area contributed by atoms with Crippen molar-refractivity contribution in [3.05, 3.63) is 88.1 Å². The molecular formula is C32H32ClFN6O4. The van der Waals surface area contributed by atoms with E-state index in [0.717, 1.165) is 11.1 Å². The van der Waals surface area contributed by atoms with Crippen molar-refractivity contribution in [3.63, 3.8) is 0 Å². The zero-order valence-corrected chi connectivity index (χ0v) is 25.3. The first-order valence-electron chi connectivity index (χ1n) is 14.2. The maximum Gasteiger partial charge on any atom is 0.274 e. The number of nitrogens with zero attached hydrogens (tertiary/aromatic N) is 4. The average molecular weight is 619 g/mol. The Morgan fingerprint density at radius 1 is 1.18 bits per heavy atom. The van der Waals surface area contributed by atoms with Gasteiger partial charge in [-0.3, -0.25) is 19.4 Å². The topological polar surface area (TPSA) is 128 Å². The highest BCUT2D eigenvalue weighted by Crippen LogP contribution is 2.32. The molecule has 228 valence electrons. The van der Waals surface area contributed by atoms with E-state index in [1.807, 2.05) is 31.2 Å². The van der Waals surface area contributed by atoms with E-state index in [4.69, 9.17) is 16.3 Å². The number of benzene rings is 2. The fraction of sp³-hybridized carbons (Fsp3) is 0.312. The molecule has 5 rings (SSSR count). The van der Waals surface area contributed by atoms with Crippen molar-refractivity contribution in [2.45, 2.75) is 45.6 Å². The Balaban J connectivity index is 1.47. The van der Waals surface area contributed by atoms with Crippen molar-refractivity contribution in [2.24, 2.45) is 5.92 Å². The van der Waals surface area contributed by atoms with Crippen LogP contribution in [0.25, 0.3) is 16.9 Å². The number of halogens is 2. The Kier molecular flexibility index (Phi) is 9.46. The molecule has 2 atom stereocenters. The van der Waals surface area contributed by atoms with Crippen LogP contribution in [0.1, 0.15) is 59.5 Å². The van der Waals surface area contributed by atoms with Crippen molar-refractivity contribution in [1.29, 1.82) is 0 Å². The number of nitrogens with one attached hydrogen (secondary N) is 2. The normalized spacial score (nSPS) is 16.7. The van der Waals surface area contributed by atoms with Gasteiger partial charge in [-0.15, -0.1) is 5.10 Å². The number of hydrogen-bond donors (Lipinski definition) is 2. The summed E-state index contributed by atoms with van der Waals surface area (Å²) < 4.78 is 20.9. The maximum absolute atomic E-state index is 14.7. The molecule has 2 aromatic heterocycles. The van der Waals surface area contributed by atoms with Crippen LogP contribution in [0.15, 0.2) is 54.7 Å². The van der Waals surface area contributed by atoms with Gasteiger partial charge in [-0.2, -0.15) is 0 Å². The third-order valence-corrected chi connectivity index (χ3v) is 7.95. The van der Waals surface area contributed by atoms with Gasteiger partial charge in [0.15, 0.2) is 17.3 Å². The van der Waals surface area contributed by atoms with Gasteiger partial charge in [0.25, 0.3) is 5.91 Å². The van der Waals surface area contributed by atoms with Gasteiger partial charge in [-0.25, -0.2) is 9.07 Å². The number of hydrogen-bond acceptors (Lipinski definition) is 7. The molecule has 4 aromatic rings. The second kappa shape index (κ2) is 13.4. The molecule has 0 spiro atoms. The fourth-order valence-corrected chi connectivity index (χ4v) is 5.44. The first-order chi connectivity index (χ1) is 21.2. The summed E-state index contributed by atoms with van der Waals surface area (Å²) in [6.07, 6.45) is 3.61. The summed E-state index contributed by atoms with van der Waals surface area (Å²) in [6.45, 7) is 3.49. The molecule has 1 aliphatic rings. The van der Waals surface area contributed by atoms with Crippen molar-refractivity contribution in [2.75, 3.05) is 19.0 Å². The predicted octanol–water partition coefficient (Wildman–Crippen LogP) is 5.42. The lowest BCUT2D eigenvalue weighted by Gasteiger charge is -2.22. The molecule has 10 nitrogen and oxygen atoms in total. The minimum Gasteiger partial charge on any atom is -0.377 e. The van der Waals surface area contributed by atoms with E-state index in [1.54, 1.807) is 25.3 Å². The van der Waals surface area contributed by atoms with E-state index in [9.17, 15) is 18.8 Å². The summed E-state index contributed by atoms with van der Waals surface area (Å²) in [4.78, 5) is 43.4. The number of methoxy groups -OCH3 is 1. The number of carbonyl (C=O) groups is 3. The average Bonchev–Trinajstić information content (AvgIpc) is 3.38. The van der Waals surface area contributed by atoms with Gasteiger partial charge in [0, 0.05) is 31.2 Å². The molecule has 0 fully saturated rings. The highest BCUT2D eigenvalue weighted by Gasteiger charge is 2.25. The van der Waals surface area contributed by atoms with Crippen LogP contribution in [-0.4, -0.2) is 51.3 Å². The minimum atomic E-state index is -0.662. The Morgan fingerprint density at radius 2 is 2.00 bits per heavy atom. The monoisotopic (exact) mass is 618 g/mol. The molecule has 0 aliphatic carbocycles. The number of aromatic nitrogens is 4. The van der Waals surface area contributed by atoms with Crippen LogP contribution in [0.3, 0.4) is 0 Å².